The highest BCUT2D eigenvalue weighted by Crippen LogP contribution is 2.27. The predicted octanol–water partition coefficient (Wildman–Crippen LogP) is 2.78. The highest BCUT2D eigenvalue weighted by Gasteiger charge is 2.05. The first-order valence-electron chi connectivity index (χ1n) is 5.47. The first-order chi connectivity index (χ1) is 8.49. The van der Waals surface area contributed by atoms with Gasteiger partial charge in [0, 0.05) is 18.1 Å². The summed E-state index contributed by atoms with van der Waals surface area (Å²) in [5, 5.41) is 9.57. The molecule has 0 aliphatic carbocycles. The SMILES string of the molecule is CN(CCOc1ccc(Cl)cc1Cl)CCC(=O)O. The van der Waals surface area contributed by atoms with E-state index in [-0.39, 0.29) is 6.42 Å². The van der Waals surface area contributed by atoms with E-state index in [4.69, 9.17) is 33.0 Å². The molecule has 4 nitrogen and oxygen atoms in total. The fourth-order valence-corrected chi connectivity index (χ4v) is 1.77. The molecule has 0 spiro atoms. The Balaban J connectivity index is 2.30. The van der Waals surface area contributed by atoms with Crippen LogP contribution in [0.25, 0.3) is 0 Å². The molecule has 1 rings (SSSR count). The van der Waals surface area contributed by atoms with E-state index in [1.807, 2.05) is 11.9 Å². The number of hydrogen-bond acceptors (Lipinski definition) is 3. The van der Waals surface area contributed by atoms with Gasteiger partial charge in [0.15, 0.2) is 0 Å². The van der Waals surface area contributed by atoms with Crippen LogP contribution in [-0.2, 0) is 4.79 Å². The van der Waals surface area contributed by atoms with Gasteiger partial charge in [-0.2, -0.15) is 0 Å². The van der Waals surface area contributed by atoms with Gasteiger partial charge in [-0.1, -0.05) is 23.2 Å². The van der Waals surface area contributed by atoms with E-state index in [0.29, 0.717) is 35.5 Å². The summed E-state index contributed by atoms with van der Waals surface area (Å²) < 4.78 is 5.49. The third-order valence-corrected chi connectivity index (χ3v) is 2.86. The Bertz CT molecular complexity index is 412. The lowest BCUT2D eigenvalue weighted by molar-refractivity contribution is -0.137. The number of carboxylic acid groups (broad SMARTS) is 1. The fourth-order valence-electron chi connectivity index (χ4n) is 1.30. The van der Waals surface area contributed by atoms with Crippen molar-refractivity contribution < 1.29 is 14.6 Å². The third kappa shape index (κ3) is 5.58. The van der Waals surface area contributed by atoms with Gasteiger partial charge in [0.25, 0.3) is 0 Å². The Labute approximate surface area is 116 Å². The molecular formula is C12H15Cl2NO3. The van der Waals surface area contributed by atoms with Crippen molar-refractivity contribution in [3.8, 4) is 5.75 Å². The average Bonchev–Trinajstić information content (AvgIpc) is 2.29. The molecule has 0 radical (unpaired) electrons. The molecule has 0 saturated carbocycles. The van der Waals surface area contributed by atoms with Crippen LogP contribution in [0.1, 0.15) is 6.42 Å². The fraction of sp³-hybridized carbons (Fsp3) is 0.417. The first-order valence-corrected chi connectivity index (χ1v) is 6.23. The van der Waals surface area contributed by atoms with Crippen molar-refractivity contribution in [1.82, 2.24) is 4.90 Å². The summed E-state index contributed by atoms with van der Waals surface area (Å²) in [5.74, 6) is -0.226. The van der Waals surface area contributed by atoms with E-state index in [1.165, 1.54) is 0 Å². The summed E-state index contributed by atoms with van der Waals surface area (Å²) in [4.78, 5) is 12.3. The van der Waals surface area contributed by atoms with Crippen LogP contribution in [0.5, 0.6) is 5.75 Å². The smallest absolute Gasteiger partial charge is 0.304 e. The highest BCUT2D eigenvalue weighted by molar-refractivity contribution is 6.35. The van der Waals surface area contributed by atoms with Gasteiger partial charge in [0.1, 0.15) is 12.4 Å². The number of carbonyl (C=O) groups is 1. The van der Waals surface area contributed by atoms with E-state index in [0.717, 1.165) is 0 Å². The molecule has 1 aromatic rings. The summed E-state index contributed by atoms with van der Waals surface area (Å²) >= 11 is 11.7. The normalized spacial score (nSPS) is 10.7. The van der Waals surface area contributed by atoms with Crippen LogP contribution >= 0.6 is 23.2 Å². The number of halogens is 2. The average molecular weight is 292 g/mol. The number of nitrogens with zero attached hydrogens (tertiary/aromatic N) is 1. The number of likely N-dealkylation sites (N-methyl/N-ethyl adjacent to an activating group) is 1. The monoisotopic (exact) mass is 291 g/mol. The van der Waals surface area contributed by atoms with Gasteiger partial charge in [0.2, 0.25) is 0 Å². The molecule has 0 aliphatic heterocycles. The van der Waals surface area contributed by atoms with Crippen molar-refractivity contribution in [3.05, 3.63) is 28.2 Å². The quantitative estimate of drug-likeness (QED) is 0.839. The maximum absolute atomic E-state index is 10.4. The summed E-state index contributed by atoms with van der Waals surface area (Å²) in [6, 6.07) is 5.03. The zero-order chi connectivity index (χ0) is 13.5. The van der Waals surface area contributed by atoms with E-state index < -0.39 is 5.97 Å². The number of carboxylic acids is 1. The number of rotatable bonds is 7. The van der Waals surface area contributed by atoms with Crippen LogP contribution < -0.4 is 4.74 Å². The zero-order valence-corrected chi connectivity index (χ0v) is 11.5. The summed E-state index contributed by atoms with van der Waals surface area (Å²) in [6.45, 7) is 1.57. The molecule has 1 aromatic carbocycles. The lowest BCUT2D eigenvalue weighted by Crippen LogP contribution is -2.26. The topological polar surface area (TPSA) is 49.8 Å². The van der Waals surface area contributed by atoms with Crippen molar-refractivity contribution in [2.75, 3.05) is 26.7 Å². The van der Waals surface area contributed by atoms with Gasteiger partial charge in [-0.15, -0.1) is 0 Å². The molecule has 6 heteroatoms. The van der Waals surface area contributed by atoms with Crippen LogP contribution in [0.3, 0.4) is 0 Å². The van der Waals surface area contributed by atoms with Crippen LogP contribution in [0, 0.1) is 0 Å². The van der Waals surface area contributed by atoms with Gasteiger partial charge >= 0.3 is 5.97 Å². The van der Waals surface area contributed by atoms with E-state index in [2.05, 4.69) is 0 Å². The standard InChI is InChI=1S/C12H15Cl2NO3/c1-15(5-4-12(16)17)6-7-18-11-3-2-9(13)8-10(11)14/h2-3,8H,4-7H2,1H3,(H,16,17). The summed E-state index contributed by atoms with van der Waals surface area (Å²) in [5.41, 5.74) is 0. The second kappa shape index (κ2) is 7.46. The van der Waals surface area contributed by atoms with Crippen molar-refractivity contribution in [2.24, 2.45) is 0 Å². The van der Waals surface area contributed by atoms with Crippen LogP contribution in [0.4, 0.5) is 0 Å². The van der Waals surface area contributed by atoms with Gasteiger partial charge in [-0.05, 0) is 25.2 Å². The van der Waals surface area contributed by atoms with Crippen molar-refractivity contribution in [2.45, 2.75) is 6.42 Å². The number of benzene rings is 1. The Morgan fingerprint density at radius 2 is 2.11 bits per heavy atom. The number of aliphatic carboxylic acids is 1. The third-order valence-electron chi connectivity index (χ3n) is 2.33. The molecule has 0 saturated heterocycles. The van der Waals surface area contributed by atoms with Crippen molar-refractivity contribution >= 4 is 29.2 Å². The highest BCUT2D eigenvalue weighted by atomic mass is 35.5. The maximum atomic E-state index is 10.4. The van der Waals surface area contributed by atoms with Crippen LogP contribution in [-0.4, -0.2) is 42.7 Å². The molecule has 0 aliphatic rings. The molecule has 0 bridgehead atoms. The molecule has 0 unspecified atom stereocenters. The molecule has 100 valence electrons. The molecule has 18 heavy (non-hydrogen) atoms. The van der Waals surface area contributed by atoms with Gasteiger partial charge in [-0.25, -0.2) is 0 Å². The van der Waals surface area contributed by atoms with Gasteiger partial charge in [0.05, 0.1) is 11.4 Å². The van der Waals surface area contributed by atoms with E-state index in [1.54, 1.807) is 18.2 Å². The Morgan fingerprint density at radius 3 is 2.72 bits per heavy atom. The number of hydrogen-bond donors (Lipinski definition) is 1. The first kappa shape index (κ1) is 15.1. The Hall–Kier alpha value is -0.970. The molecule has 1 N–H and O–H groups in total. The maximum Gasteiger partial charge on any atom is 0.304 e. The minimum atomic E-state index is -0.802. The van der Waals surface area contributed by atoms with Gasteiger partial charge < -0.3 is 14.7 Å². The predicted molar refractivity (Wildman–Crippen MR) is 71.7 cm³/mol. The molecule has 0 fully saturated rings. The van der Waals surface area contributed by atoms with Crippen molar-refractivity contribution in [1.29, 1.82) is 0 Å². The molecule has 0 atom stereocenters. The molecule has 0 amide bonds. The second-order valence-electron chi connectivity index (χ2n) is 3.87. The second-order valence-corrected chi connectivity index (χ2v) is 4.71. The van der Waals surface area contributed by atoms with Crippen LogP contribution in [0.15, 0.2) is 18.2 Å². The Kier molecular flexibility index (Phi) is 6.25. The molecular weight excluding hydrogens is 277 g/mol. The zero-order valence-electron chi connectivity index (χ0n) is 10.0. The lowest BCUT2D eigenvalue weighted by atomic mass is 10.3. The van der Waals surface area contributed by atoms with E-state index >= 15 is 0 Å². The molecule has 0 aromatic heterocycles. The van der Waals surface area contributed by atoms with Crippen LogP contribution in [0.2, 0.25) is 10.0 Å². The lowest BCUT2D eigenvalue weighted by Gasteiger charge is -2.16. The summed E-state index contributed by atoms with van der Waals surface area (Å²) in [6.07, 6.45) is 0.123. The summed E-state index contributed by atoms with van der Waals surface area (Å²) in [7, 11) is 1.84. The minimum absolute atomic E-state index is 0.123. The van der Waals surface area contributed by atoms with Gasteiger partial charge in [-0.3, -0.25) is 4.79 Å². The Morgan fingerprint density at radius 1 is 1.39 bits per heavy atom. The largest absolute Gasteiger partial charge is 0.491 e. The van der Waals surface area contributed by atoms with E-state index in [9.17, 15) is 4.79 Å². The number of ether oxygens (including phenoxy) is 1. The molecule has 0 heterocycles. The minimum Gasteiger partial charge on any atom is -0.491 e. The van der Waals surface area contributed by atoms with Crippen molar-refractivity contribution in [3.63, 3.8) is 0 Å².